The molecule has 0 aliphatic carbocycles. The minimum Gasteiger partial charge on any atom is -0.491 e. The molecule has 3 aromatic carbocycles. The summed E-state index contributed by atoms with van der Waals surface area (Å²) in [6, 6.07) is 21.1. The number of hydrogen-bond donors (Lipinski definition) is 1. The molecule has 12 nitrogen and oxygen atoms in total. The molecule has 3 amide bonds. The Balaban J connectivity index is 0.798. The first-order valence-corrected chi connectivity index (χ1v) is 18.4. The lowest BCUT2D eigenvalue weighted by Gasteiger charge is -2.29. The second kappa shape index (κ2) is 16.1. The van der Waals surface area contributed by atoms with E-state index >= 15 is 0 Å². The summed E-state index contributed by atoms with van der Waals surface area (Å²) >= 11 is 1.65. The summed E-state index contributed by atoms with van der Waals surface area (Å²) in [5, 5.41) is 3.29. The van der Waals surface area contributed by atoms with Crippen molar-refractivity contribution < 1.29 is 33.3 Å². The van der Waals surface area contributed by atoms with E-state index in [0.717, 1.165) is 54.6 Å². The number of thiazole rings is 1. The zero-order chi connectivity index (χ0) is 36.9. The quantitative estimate of drug-likeness (QED) is 0.106. The van der Waals surface area contributed by atoms with Crippen LogP contribution in [0.1, 0.15) is 34.3 Å². The second-order valence-corrected chi connectivity index (χ2v) is 14.1. The van der Waals surface area contributed by atoms with Gasteiger partial charge < -0.3 is 28.7 Å². The summed E-state index contributed by atoms with van der Waals surface area (Å²) in [4.78, 5) is 49.6. The predicted molar refractivity (Wildman–Crippen MR) is 202 cm³/mol. The molecule has 1 saturated heterocycles. The summed E-state index contributed by atoms with van der Waals surface area (Å²) in [6.07, 6.45) is 2.46. The zero-order valence-corrected chi connectivity index (χ0v) is 30.7. The topological polar surface area (TPSA) is 132 Å². The van der Waals surface area contributed by atoms with Crippen molar-refractivity contribution in [2.45, 2.75) is 32.4 Å². The normalized spacial score (nSPS) is 15.5. The van der Waals surface area contributed by atoms with Crippen LogP contribution in [-0.2, 0) is 25.6 Å². The summed E-state index contributed by atoms with van der Waals surface area (Å²) in [6.45, 7) is 4.80. The van der Waals surface area contributed by atoms with Gasteiger partial charge in [0.05, 0.1) is 36.6 Å². The number of aromatic nitrogens is 2. The van der Waals surface area contributed by atoms with Gasteiger partial charge in [-0.2, -0.15) is 0 Å². The fourth-order valence-corrected chi connectivity index (χ4v) is 7.50. The first kappa shape index (κ1) is 36.0. The molecule has 13 heteroatoms. The van der Waals surface area contributed by atoms with Crippen molar-refractivity contribution in [3.05, 3.63) is 89.6 Å². The van der Waals surface area contributed by atoms with Gasteiger partial charge in [0.2, 0.25) is 11.8 Å². The predicted octanol–water partition coefficient (Wildman–Crippen LogP) is 5.65. The number of imide groups is 1. The molecule has 7 rings (SSSR count). The van der Waals surface area contributed by atoms with Crippen molar-refractivity contribution in [2.75, 3.05) is 58.6 Å². The van der Waals surface area contributed by atoms with Gasteiger partial charge in [-0.25, -0.2) is 9.97 Å². The number of hydrogen-bond acceptors (Lipinski definition) is 11. The van der Waals surface area contributed by atoms with Gasteiger partial charge in [0, 0.05) is 49.9 Å². The highest BCUT2D eigenvalue weighted by Crippen LogP contribution is 2.36. The van der Waals surface area contributed by atoms with E-state index in [4.69, 9.17) is 23.9 Å². The lowest BCUT2D eigenvalue weighted by molar-refractivity contribution is -0.136. The van der Waals surface area contributed by atoms with Crippen LogP contribution in [0.2, 0.25) is 0 Å². The number of carbonyl (C=O) groups is 3. The molecule has 1 N–H and O–H groups in total. The highest BCUT2D eigenvalue weighted by molar-refractivity contribution is 7.21. The Labute approximate surface area is 311 Å². The van der Waals surface area contributed by atoms with Crippen LogP contribution in [0.5, 0.6) is 11.5 Å². The monoisotopic (exact) mass is 735 g/mol. The van der Waals surface area contributed by atoms with E-state index < -0.39 is 11.9 Å². The van der Waals surface area contributed by atoms with Gasteiger partial charge in [-0.1, -0.05) is 18.2 Å². The third-order valence-corrected chi connectivity index (χ3v) is 10.3. The van der Waals surface area contributed by atoms with Gasteiger partial charge in [0.1, 0.15) is 41.6 Å². The van der Waals surface area contributed by atoms with Gasteiger partial charge in [-0.15, -0.1) is 11.3 Å². The number of rotatable bonds is 15. The van der Waals surface area contributed by atoms with E-state index in [9.17, 15) is 14.4 Å². The minimum absolute atomic E-state index is 0.209. The number of nitrogens with zero attached hydrogens (tertiary/aromatic N) is 4. The number of aryl methyl sites for hydroxylation is 1. The smallest absolute Gasteiger partial charge is 0.255 e. The van der Waals surface area contributed by atoms with Crippen molar-refractivity contribution in [1.29, 1.82) is 0 Å². The van der Waals surface area contributed by atoms with Crippen LogP contribution in [0, 0.1) is 6.92 Å². The van der Waals surface area contributed by atoms with Crippen molar-refractivity contribution in [3.63, 3.8) is 0 Å². The van der Waals surface area contributed by atoms with E-state index in [1.165, 1.54) is 4.90 Å². The van der Waals surface area contributed by atoms with Crippen LogP contribution in [0.4, 0.5) is 5.82 Å². The van der Waals surface area contributed by atoms with Crippen LogP contribution in [-0.4, -0.2) is 92.4 Å². The molecule has 2 aromatic heterocycles. The fourth-order valence-electron chi connectivity index (χ4n) is 6.41. The molecule has 1 unspecified atom stereocenters. The number of ether oxygens (including phenoxy) is 4. The first-order valence-electron chi connectivity index (χ1n) is 17.6. The van der Waals surface area contributed by atoms with Crippen molar-refractivity contribution in [2.24, 2.45) is 0 Å². The average Bonchev–Trinajstić information content (AvgIpc) is 3.72. The lowest BCUT2D eigenvalue weighted by Crippen LogP contribution is -2.52. The third kappa shape index (κ3) is 8.32. The van der Waals surface area contributed by atoms with E-state index in [2.05, 4.69) is 41.5 Å². The first-order chi connectivity index (χ1) is 25.7. The maximum atomic E-state index is 12.9. The molecule has 2 aliphatic heterocycles. The summed E-state index contributed by atoms with van der Waals surface area (Å²) in [7, 11) is 3.97. The van der Waals surface area contributed by atoms with E-state index in [1.54, 1.807) is 23.5 Å². The number of fused-ring (bicyclic) bond motifs is 2. The number of carbonyl (C=O) groups excluding carboxylic acids is 3. The summed E-state index contributed by atoms with van der Waals surface area (Å²) < 4.78 is 24.2. The summed E-state index contributed by atoms with van der Waals surface area (Å²) in [5.41, 5.74) is 6.74. The Kier molecular flexibility index (Phi) is 10.9. The molecular weight excluding hydrogens is 695 g/mol. The van der Waals surface area contributed by atoms with E-state index in [-0.39, 0.29) is 18.2 Å². The molecule has 53 heavy (non-hydrogen) atoms. The number of piperidine rings is 1. The van der Waals surface area contributed by atoms with Crippen LogP contribution < -0.4 is 19.7 Å². The molecule has 274 valence electrons. The van der Waals surface area contributed by atoms with Gasteiger partial charge in [0.25, 0.3) is 5.91 Å². The maximum absolute atomic E-state index is 12.9. The molecule has 0 saturated carbocycles. The molecule has 0 spiro atoms. The standard InChI is InChI=1S/C40H41N5O7S/c1-25-20-26(27-5-12-36(41-23-27)44(2)3)4-8-31(25)39-42-33-10-7-30(22-35(33)53-39)52-19-17-50-15-14-49-16-18-51-29-6-9-32-28(21-29)24-45(40(32)48)34-11-13-37(46)43-38(34)47/h4-10,12,20-23,34H,11,13-19,24H2,1-3H3,(H,43,46,47). The maximum Gasteiger partial charge on any atom is 0.255 e. The molecular formula is C40H41N5O7S. The number of pyridine rings is 1. The third-order valence-electron chi connectivity index (χ3n) is 9.22. The van der Waals surface area contributed by atoms with Crippen LogP contribution >= 0.6 is 11.3 Å². The molecule has 1 fully saturated rings. The Morgan fingerprint density at radius 1 is 0.830 bits per heavy atom. The second-order valence-electron chi connectivity index (χ2n) is 13.1. The number of amides is 3. The number of nitrogens with one attached hydrogen (secondary N) is 1. The van der Waals surface area contributed by atoms with E-state index in [1.807, 2.05) is 55.5 Å². The Hall–Kier alpha value is -5.37. The Morgan fingerprint density at radius 3 is 2.23 bits per heavy atom. The largest absolute Gasteiger partial charge is 0.491 e. The van der Waals surface area contributed by atoms with Crippen molar-refractivity contribution in [3.8, 4) is 33.2 Å². The highest BCUT2D eigenvalue weighted by atomic mass is 32.1. The molecule has 5 aromatic rings. The van der Waals surface area contributed by atoms with Crippen molar-refractivity contribution >= 4 is 45.1 Å². The van der Waals surface area contributed by atoms with Crippen LogP contribution in [0.25, 0.3) is 31.9 Å². The molecule has 2 aliphatic rings. The molecule has 4 heterocycles. The lowest BCUT2D eigenvalue weighted by atomic mass is 10.0. The molecule has 0 bridgehead atoms. The Morgan fingerprint density at radius 2 is 1.53 bits per heavy atom. The molecule has 1 atom stereocenters. The number of anilines is 1. The highest BCUT2D eigenvalue weighted by Gasteiger charge is 2.39. The molecule has 0 radical (unpaired) electrons. The minimum atomic E-state index is -0.641. The van der Waals surface area contributed by atoms with Crippen LogP contribution in [0.3, 0.4) is 0 Å². The van der Waals surface area contributed by atoms with Crippen LogP contribution in [0.15, 0.2) is 72.9 Å². The zero-order valence-electron chi connectivity index (χ0n) is 29.9. The van der Waals surface area contributed by atoms with E-state index in [0.29, 0.717) is 63.9 Å². The Bertz CT molecular complexity index is 2130. The summed E-state index contributed by atoms with van der Waals surface area (Å²) in [5.74, 6) is 1.38. The van der Waals surface area contributed by atoms with Gasteiger partial charge in [0.15, 0.2) is 0 Å². The van der Waals surface area contributed by atoms with Crippen molar-refractivity contribution in [1.82, 2.24) is 20.2 Å². The van der Waals surface area contributed by atoms with Gasteiger partial charge in [-0.3, -0.25) is 19.7 Å². The average molecular weight is 736 g/mol. The van der Waals surface area contributed by atoms with Gasteiger partial charge >= 0.3 is 0 Å². The van der Waals surface area contributed by atoms with Gasteiger partial charge in [-0.05, 0) is 78.6 Å². The SMILES string of the molecule is Cc1cc(-c2ccc(N(C)C)nc2)ccc1-c1nc2ccc(OCCOCCOCCOc3ccc4c(c3)CN(C3CCC(=O)NC3=O)C4=O)cc2s1. The number of benzene rings is 3. The fraction of sp³-hybridized carbons (Fsp3) is 0.325.